The van der Waals surface area contributed by atoms with Crippen molar-refractivity contribution in [3.63, 3.8) is 0 Å². The summed E-state index contributed by atoms with van der Waals surface area (Å²) >= 11 is 0. The largest absolute Gasteiger partial charge is 0.457 e. The molecule has 2 aromatic carbocycles. The van der Waals surface area contributed by atoms with Gasteiger partial charge in [0.2, 0.25) is 5.39 Å². The van der Waals surface area contributed by atoms with Gasteiger partial charge >= 0.3 is 5.69 Å². The van der Waals surface area contributed by atoms with Crippen molar-refractivity contribution in [2.45, 2.75) is 6.42 Å². The van der Waals surface area contributed by atoms with Crippen LogP contribution in [0.4, 0.5) is 5.69 Å². The van der Waals surface area contributed by atoms with Crippen LogP contribution in [-0.2, 0) is 6.42 Å². The zero-order valence-corrected chi connectivity index (χ0v) is 9.91. The number of hydrogen-bond donors (Lipinski definition) is 0. The fourth-order valence-electron chi connectivity index (χ4n) is 1.71. The van der Waals surface area contributed by atoms with E-state index in [1.54, 1.807) is 18.2 Å². The first kappa shape index (κ1) is 11.9. The Hall–Kier alpha value is -2.60. The lowest BCUT2D eigenvalue weighted by atomic mass is 10.1. The number of nitrogens with zero attached hydrogens (tertiary/aromatic N) is 2. The number of diazo groups is 1. The van der Waals surface area contributed by atoms with Gasteiger partial charge in [0.1, 0.15) is 11.5 Å². The Morgan fingerprint density at radius 2 is 1.89 bits per heavy atom. The molecule has 0 fully saturated rings. The lowest BCUT2D eigenvalue weighted by molar-refractivity contribution is 0.478. The molecule has 0 aliphatic carbocycles. The van der Waals surface area contributed by atoms with Crippen LogP contribution in [0.1, 0.15) is 5.56 Å². The Balaban J connectivity index is 2.38. The van der Waals surface area contributed by atoms with E-state index in [0.29, 0.717) is 17.9 Å². The maximum atomic E-state index is 8.97. The Labute approximate surface area is 106 Å². The van der Waals surface area contributed by atoms with Crippen molar-refractivity contribution < 1.29 is 4.74 Å². The summed E-state index contributed by atoms with van der Waals surface area (Å²) in [6.45, 7) is 3.70. The summed E-state index contributed by atoms with van der Waals surface area (Å²) in [4.78, 5) is 3.26. The van der Waals surface area contributed by atoms with Gasteiger partial charge in [-0.15, -0.1) is 6.58 Å². The predicted octanol–water partition coefficient (Wildman–Crippen LogP) is 4.69. The third kappa shape index (κ3) is 2.55. The van der Waals surface area contributed by atoms with E-state index in [9.17, 15) is 0 Å². The van der Waals surface area contributed by atoms with Crippen molar-refractivity contribution in [1.82, 2.24) is 0 Å². The third-order valence-corrected chi connectivity index (χ3v) is 2.54. The molecule has 0 radical (unpaired) electrons. The first-order valence-corrected chi connectivity index (χ1v) is 5.66. The van der Waals surface area contributed by atoms with Crippen molar-refractivity contribution in [2.24, 2.45) is 0 Å². The van der Waals surface area contributed by atoms with E-state index in [1.807, 2.05) is 36.4 Å². The maximum Gasteiger partial charge on any atom is 0.392 e. The van der Waals surface area contributed by atoms with Gasteiger partial charge < -0.3 is 4.74 Å². The average Bonchev–Trinajstić information content (AvgIpc) is 2.42. The Bertz CT molecular complexity index is 585. The summed E-state index contributed by atoms with van der Waals surface area (Å²) in [5.74, 6) is 1.43. The van der Waals surface area contributed by atoms with Gasteiger partial charge in [0, 0.05) is 12.5 Å². The van der Waals surface area contributed by atoms with Crippen LogP contribution >= 0.6 is 0 Å². The molecule has 88 valence electrons. The van der Waals surface area contributed by atoms with Crippen LogP contribution in [0.15, 0.2) is 61.2 Å². The Morgan fingerprint density at radius 3 is 2.56 bits per heavy atom. The van der Waals surface area contributed by atoms with E-state index in [-0.39, 0.29) is 0 Å². The van der Waals surface area contributed by atoms with E-state index in [1.165, 1.54) is 0 Å². The molecule has 0 aliphatic heterocycles. The normalized spacial score (nSPS) is 9.50. The lowest BCUT2D eigenvalue weighted by Gasteiger charge is -2.07. The monoisotopic (exact) mass is 237 g/mol. The standard InChI is InChI=1S/C15H13N2O/c1-2-7-13-14(17-16)10-6-11-15(13)18-12-8-4-3-5-9-12/h2-6,8-11H,1,7H2/q+1. The highest BCUT2D eigenvalue weighted by Gasteiger charge is 2.17. The van der Waals surface area contributed by atoms with Crippen LogP contribution in [0.2, 0.25) is 0 Å². The Morgan fingerprint density at radius 1 is 1.11 bits per heavy atom. The zero-order chi connectivity index (χ0) is 12.8. The molecule has 0 aromatic heterocycles. The molecule has 0 heterocycles. The predicted molar refractivity (Wildman–Crippen MR) is 71.6 cm³/mol. The molecular weight excluding hydrogens is 224 g/mol. The van der Waals surface area contributed by atoms with E-state index in [0.717, 1.165) is 11.3 Å². The molecule has 18 heavy (non-hydrogen) atoms. The summed E-state index contributed by atoms with van der Waals surface area (Å²) in [6, 6.07) is 14.9. The van der Waals surface area contributed by atoms with Crippen LogP contribution in [0.5, 0.6) is 11.5 Å². The van der Waals surface area contributed by atoms with Gasteiger partial charge in [-0.2, -0.15) is 0 Å². The Kier molecular flexibility index (Phi) is 3.72. The molecule has 0 atom stereocenters. The molecule has 0 bridgehead atoms. The summed E-state index contributed by atoms with van der Waals surface area (Å²) in [6.07, 6.45) is 2.34. The number of para-hydroxylation sites is 1. The first-order valence-electron chi connectivity index (χ1n) is 5.66. The second kappa shape index (κ2) is 5.65. The minimum absolute atomic E-state index is 0.503. The summed E-state index contributed by atoms with van der Waals surface area (Å²) in [5, 5.41) is 8.97. The van der Waals surface area contributed by atoms with Crippen molar-refractivity contribution in [1.29, 1.82) is 5.39 Å². The smallest absolute Gasteiger partial charge is 0.392 e. The van der Waals surface area contributed by atoms with Gasteiger partial charge in [-0.1, -0.05) is 30.3 Å². The second-order valence-electron chi connectivity index (χ2n) is 3.76. The molecule has 0 amide bonds. The molecule has 0 spiro atoms. The van der Waals surface area contributed by atoms with Gasteiger partial charge in [-0.05, 0) is 18.2 Å². The van der Waals surface area contributed by atoms with Gasteiger partial charge in [-0.25, -0.2) is 0 Å². The quantitative estimate of drug-likeness (QED) is 0.571. The van der Waals surface area contributed by atoms with E-state index in [2.05, 4.69) is 11.6 Å². The summed E-state index contributed by atoms with van der Waals surface area (Å²) in [7, 11) is 0. The summed E-state index contributed by atoms with van der Waals surface area (Å²) in [5.41, 5.74) is 1.32. The van der Waals surface area contributed by atoms with Crippen molar-refractivity contribution in [2.75, 3.05) is 0 Å². The fourth-order valence-corrected chi connectivity index (χ4v) is 1.71. The molecule has 3 nitrogen and oxygen atoms in total. The number of benzene rings is 2. The fraction of sp³-hybridized carbons (Fsp3) is 0.0667. The van der Waals surface area contributed by atoms with E-state index in [4.69, 9.17) is 10.1 Å². The van der Waals surface area contributed by atoms with Crippen LogP contribution in [0, 0.1) is 5.39 Å². The molecule has 0 unspecified atom stereocenters. The highest BCUT2D eigenvalue weighted by Crippen LogP contribution is 2.32. The van der Waals surface area contributed by atoms with Crippen molar-refractivity contribution >= 4 is 5.69 Å². The molecule has 0 aliphatic rings. The zero-order valence-electron chi connectivity index (χ0n) is 9.91. The molecule has 2 rings (SSSR count). The van der Waals surface area contributed by atoms with Crippen molar-refractivity contribution in [3.05, 3.63) is 71.7 Å². The molecular formula is C15H13N2O+. The summed E-state index contributed by atoms with van der Waals surface area (Å²) < 4.78 is 5.79. The van der Waals surface area contributed by atoms with E-state index >= 15 is 0 Å². The second-order valence-corrected chi connectivity index (χ2v) is 3.76. The van der Waals surface area contributed by atoms with Crippen LogP contribution in [0.3, 0.4) is 0 Å². The molecule has 2 aromatic rings. The topological polar surface area (TPSA) is 37.4 Å². The average molecular weight is 237 g/mol. The van der Waals surface area contributed by atoms with Crippen molar-refractivity contribution in [3.8, 4) is 11.5 Å². The van der Waals surface area contributed by atoms with Gasteiger partial charge in [0.05, 0.1) is 5.56 Å². The van der Waals surface area contributed by atoms with Gasteiger partial charge in [0.25, 0.3) is 0 Å². The van der Waals surface area contributed by atoms with Crippen LogP contribution in [0.25, 0.3) is 4.98 Å². The van der Waals surface area contributed by atoms with E-state index < -0.39 is 0 Å². The first-order chi connectivity index (χ1) is 8.85. The SMILES string of the molecule is C=CCc1c([N+]#N)cccc1Oc1ccccc1. The number of allylic oxidation sites excluding steroid dienone is 1. The van der Waals surface area contributed by atoms with Crippen LogP contribution < -0.4 is 4.74 Å². The third-order valence-electron chi connectivity index (χ3n) is 2.54. The lowest BCUT2D eigenvalue weighted by Crippen LogP contribution is -1.90. The van der Waals surface area contributed by atoms with Gasteiger partial charge in [0.15, 0.2) is 4.98 Å². The highest BCUT2D eigenvalue weighted by atomic mass is 16.5. The number of rotatable bonds is 4. The number of ether oxygens (including phenoxy) is 1. The van der Waals surface area contributed by atoms with Gasteiger partial charge in [-0.3, -0.25) is 0 Å². The molecule has 0 N–H and O–H groups in total. The highest BCUT2D eigenvalue weighted by molar-refractivity contribution is 5.59. The minimum atomic E-state index is 0.503. The number of hydrogen-bond acceptors (Lipinski definition) is 2. The van der Waals surface area contributed by atoms with Crippen LogP contribution in [-0.4, -0.2) is 0 Å². The maximum absolute atomic E-state index is 8.97. The molecule has 0 saturated heterocycles. The molecule has 3 heteroatoms. The molecule has 0 saturated carbocycles. The minimum Gasteiger partial charge on any atom is -0.457 e.